The second-order valence-corrected chi connectivity index (χ2v) is 6.65. The molecule has 27 heavy (non-hydrogen) atoms. The summed E-state index contributed by atoms with van der Waals surface area (Å²) >= 11 is 0. The third-order valence-corrected chi connectivity index (χ3v) is 4.53. The number of carbonyl (C=O) groups is 4. The van der Waals surface area contributed by atoms with E-state index in [4.69, 9.17) is 0 Å². The van der Waals surface area contributed by atoms with Gasteiger partial charge in [0.15, 0.2) is 11.7 Å². The number of hydrogen-bond donors (Lipinski definition) is 2. The topological polar surface area (TPSA) is 95.6 Å². The summed E-state index contributed by atoms with van der Waals surface area (Å²) in [5.41, 5.74) is 5.42. The highest BCUT2D eigenvalue weighted by Gasteiger charge is 2.43. The summed E-state index contributed by atoms with van der Waals surface area (Å²) in [6.07, 6.45) is 4.78. The zero-order valence-corrected chi connectivity index (χ0v) is 15.9. The summed E-state index contributed by atoms with van der Waals surface area (Å²) < 4.78 is 0. The molecule has 0 radical (unpaired) electrons. The Hall–Kier alpha value is -2.70. The number of amides is 3. The van der Waals surface area contributed by atoms with Gasteiger partial charge in [-0.25, -0.2) is 0 Å². The molecule has 1 aliphatic rings. The Balaban J connectivity index is 2.04. The van der Waals surface area contributed by atoms with Crippen molar-refractivity contribution in [3.63, 3.8) is 0 Å². The van der Waals surface area contributed by atoms with Crippen molar-refractivity contribution in [1.82, 2.24) is 10.9 Å². The van der Waals surface area contributed by atoms with Gasteiger partial charge in [0.25, 0.3) is 5.91 Å². The lowest BCUT2D eigenvalue weighted by Gasteiger charge is -2.32. The minimum absolute atomic E-state index is 0.289. The number of ketones is 1. The summed E-state index contributed by atoms with van der Waals surface area (Å²) in [6, 6.07) is 6.76. The highest BCUT2D eigenvalue weighted by molar-refractivity contribution is 6.31. The lowest BCUT2D eigenvalue weighted by Crippen LogP contribution is -2.54. The van der Waals surface area contributed by atoms with Crippen molar-refractivity contribution in [1.29, 1.82) is 0 Å². The first kappa shape index (κ1) is 20.6. The maximum absolute atomic E-state index is 12.8. The summed E-state index contributed by atoms with van der Waals surface area (Å²) in [6.45, 7) is 4.41. The van der Waals surface area contributed by atoms with Crippen LogP contribution >= 0.6 is 0 Å². The first-order chi connectivity index (χ1) is 13.0. The zero-order valence-electron chi connectivity index (χ0n) is 15.9. The van der Waals surface area contributed by atoms with Crippen molar-refractivity contribution < 1.29 is 19.2 Å². The molecule has 0 saturated heterocycles. The Morgan fingerprint density at radius 3 is 2.44 bits per heavy atom. The van der Waals surface area contributed by atoms with Crippen LogP contribution in [0.5, 0.6) is 0 Å². The first-order valence-electron chi connectivity index (χ1n) is 9.54. The van der Waals surface area contributed by atoms with Crippen LogP contribution in [0.4, 0.5) is 5.69 Å². The molecule has 0 aromatic heterocycles. The van der Waals surface area contributed by atoms with E-state index in [9.17, 15) is 19.2 Å². The molecule has 0 bridgehead atoms. The molecule has 1 atom stereocenters. The number of anilines is 1. The van der Waals surface area contributed by atoms with Gasteiger partial charge in [-0.2, -0.15) is 0 Å². The van der Waals surface area contributed by atoms with Crippen LogP contribution in [0.3, 0.4) is 0 Å². The highest BCUT2D eigenvalue weighted by atomic mass is 16.2. The molecule has 1 aromatic carbocycles. The molecular formula is C20H27N3O4. The number of benzene rings is 1. The highest BCUT2D eigenvalue weighted by Crippen LogP contribution is 2.30. The van der Waals surface area contributed by atoms with Crippen LogP contribution in [0, 0.1) is 5.92 Å². The molecule has 3 amide bonds. The minimum atomic E-state index is -1.48. The van der Waals surface area contributed by atoms with E-state index in [1.165, 1.54) is 4.90 Å². The second-order valence-electron chi connectivity index (χ2n) is 6.65. The van der Waals surface area contributed by atoms with Crippen molar-refractivity contribution in [3.05, 3.63) is 29.8 Å². The summed E-state index contributed by atoms with van der Waals surface area (Å²) in [5, 5.41) is 0. The maximum Gasteiger partial charge on any atom is 0.258 e. The molecular weight excluding hydrogens is 346 g/mol. The molecule has 0 fully saturated rings. The van der Waals surface area contributed by atoms with Crippen LogP contribution in [-0.2, 0) is 14.4 Å². The number of para-hydroxylation sites is 1. The zero-order chi connectivity index (χ0) is 19.8. The van der Waals surface area contributed by atoms with Crippen molar-refractivity contribution in [2.45, 2.75) is 52.4 Å². The van der Waals surface area contributed by atoms with Crippen LogP contribution in [0.15, 0.2) is 24.3 Å². The van der Waals surface area contributed by atoms with Crippen molar-refractivity contribution in [2.75, 3.05) is 11.4 Å². The summed E-state index contributed by atoms with van der Waals surface area (Å²) in [5.74, 6) is -3.72. The van der Waals surface area contributed by atoms with E-state index in [0.717, 1.165) is 25.7 Å². The molecule has 7 heteroatoms. The number of hydrazine groups is 1. The van der Waals surface area contributed by atoms with Gasteiger partial charge in [-0.05, 0) is 25.0 Å². The molecule has 1 aliphatic heterocycles. The smallest absolute Gasteiger partial charge is 0.258 e. The van der Waals surface area contributed by atoms with Gasteiger partial charge < -0.3 is 4.90 Å². The van der Waals surface area contributed by atoms with Crippen LogP contribution in [0.2, 0.25) is 0 Å². The molecule has 0 aliphatic carbocycles. The number of rotatable bonds is 8. The van der Waals surface area contributed by atoms with Gasteiger partial charge in [0.05, 0.1) is 5.69 Å². The number of nitrogens with zero attached hydrogens (tertiary/aromatic N) is 1. The van der Waals surface area contributed by atoms with Gasteiger partial charge in [0.1, 0.15) is 0 Å². The monoisotopic (exact) mass is 373 g/mol. The Labute approximate surface area is 159 Å². The summed E-state index contributed by atoms with van der Waals surface area (Å²) in [4.78, 5) is 51.2. The first-order valence-corrected chi connectivity index (χ1v) is 9.54. The quantitative estimate of drug-likeness (QED) is 0.415. The Morgan fingerprint density at radius 1 is 1.00 bits per heavy atom. The average molecular weight is 373 g/mol. The largest absolute Gasteiger partial charge is 0.311 e. The molecule has 2 N–H and O–H groups in total. The molecule has 1 unspecified atom stereocenters. The van der Waals surface area contributed by atoms with Gasteiger partial charge in [0, 0.05) is 18.5 Å². The Bertz CT molecular complexity index is 717. The van der Waals surface area contributed by atoms with Gasteiger partial charge in [0.2, 0.25) is 11.8 Å². The van der Waals surface area contributed by atoms with Gasteiger partial charge in [-0.15, -0.1) is 0 Å². The van der Waals surface area contributed by atoms with Crippen molar-refractivity contribution >= 4 is 29.2 Å². The fourth-order valence-electron chi connectivity index (χ4n) is 3.12. The van der Waals surface area contributed by atoms with Crippen LogP contribution in [-0.4, -0.2) is 30.0 Å². The van der Waals surface area contributed by atoms with Gasteiger partial charge in [-0.1, -0.05) is 45.2 Å². The van der Waals surface area contributed by atoms with E-state index in [2.05, 4.69) is 17.8 Å². The standard InChI is InChI=1S/C20H27N3O4/c1-3-5-6-7-12-16(24)21-22-19(26)17-18(25)14-10-8-9-11-15(14)23(13-4-2)20(17)27/h8-11,17H,3-7,12-13H2,1-2H3,(H,21,24)(H,22,26). The molecule has 7 nitrogen and oxygen atoms in total. The van der Waals surface area contributed by atoms with E-state index in [1.807, 2.05) is 6.92 Å². The second kappa shape index (κ2) is 9.85. The molecule has 0 spiro atoms. The fourth-order valence-corrected chi connectivity index (χ4v) is 3.12. The third kappa shape index (κ3) is 4.93. The molecule has 146 valence electrons. The average Bonchev–Trinajstić information content (AvgIpc) is 2.67. The van der Waals surface area contributed by atoms with Gasteiger partial charge in [-0.3, -0.25) is 30.0 Å². The number of Topliss-reactive ketones (excluding diaryl/α,β-unsaturated/α-hetero) is 1. The van der Waals surface area contributed by atoms with Crippen LogP contribution in [0.25, 0.3) is 0 Å². The summed E-state index contributed by atoms with van der Waals surface area (Å²) in [7, 11) is 0. The SMILES string of the molecule is CCCCCCC(=O)NNC(=O)C1C(=O)c2ccccc2N(CCC)C1=O. The Kier molecular flexibility index (Phi) is 7.52. The predicted molar refractivity (Wildman–Crippen MR) is 102 cm³/mol. The fraction of sp³-hybridized carbons (Fsp3) is 0.500. The van der Waals surface area contributed by atoms with Crippen LogP contribution in [0.1, 0.15) is 62.7 Å². The molecule has 1 aromatic rings. The molecule has 0 saturated carbocycles. The number of fused-ring (bicyclic) bond motifs is 1. The maximum atomic E-state index is 12.8. The number of carbonyl (C=O) groups excluding carboxylic acids is 4. The van der Waals surface area contributed by atoms with Crippen molar-refractivity contribution in [2.24, 2.45) is 5.92 Å². The third-order valence-electron chi connectivity index (χ3n) is 4.53. The molecule has 2 rings (SSSR count). The van der Waals surface area contributed by atoms with E-state index in [1.54, 1.807) is 24.3 Å². The van der Waals surface area contributed by atoms with E-state index < -0.39 is 23.5 Å². The van der Waals surface area contributed by atoms with E-state index in [0.29, 0.717) is 24.2 Å². The normalized spacial score (nSPS) is 16.1. The van der Waals surface area contributed by atoms with Crippen LogP contribution < -0.4 is 15.8 Å². The van der Waals surface area contributed by atoms with E-state index in [-0.39, 0.29) is 12.3 Å². The van der Waals surface area contributed by atoms with Gasteiger partial charge >= 0.3 is 0 Å². The number of unbranched alkanes of at least 4 members (excludes halogenated alkanes) is 3. The lowest BCUT2D eigenvalue weighted by atomic mass is 9.89. The Morgan fingerprint density at radius 2 is 1.74 bits per heavy atom. The lowest BCUT2D eigenvalue weighted by molar-refractivity contribution is -0.135. The number of nitrogens with one attached hydrogen (secondary N) is 2. The van der Waals surface area contributed by atoms with Crippen molar-refractivity contribution in [3.8, 4) is 0 Å². The van der Waals surface area contributed by atoms with E-state index >= 15 is 0 Å². The predicted octanol–water partition coefficient (Wildman–Crippen LogP) is 2.36. The molecule has 1 heterocycles. The minimum Gasteiger partial charge on any atom is -0.311 e. The number of hydrogen-bond acceptors (Lipinski definition) is 4.